The van der Waals surface area contributed by atoms with Crippen LogP contribution in [0.15, 0.2) is 24.3 Å². The average Bonchev–Trinajstić information content (AvgIpc) is 2.70. The molecular weight excluding hydrogens is 228 g/mol. The SMILES string of the molecule is Cc1nnc(COc2ccc(N)cc2)n1C(C)C. The van der Waals surface area contributed by atoms with E-state index in [9.17, 15) is 0 Å². The molecule has 0 amide bonds. The number of benzene rings is 1. The average molecular weight is 246 g/mol. The number of hydrogen-bond donors (Lipinski definition) is 1. The predicted octanol–water partition coefficient (Wildman–Crippen LogP) is 2.33. The summed E-state index contributed by atoms with van der Waals surface area (Å²) in [7, 11) is 0. The summed E-state index contributed by atoms with van der Waals surface area (Å²) in [6.07, 6.45) is 0. The molecule has 1 aromatic heterocycles. The van der Waals surface area contributed by atoms with Crippen LogP contribution in [-0.2, 0) is 6.61 Å². The largest absolute Gasteiger partial charge is 0.486 e. The third-order valence-corrected chi connectivity index (χ3v) is 2.70. The maximum Gasteiger partial charge on any atom is 0.171 e. The first kappa shape index (κ1) is 12.4. The molecule has 2 aromatic rings. The van der Waals surface area contributed by atoms with E-state index >= 15 is 0 Å². The molecular formula is C13H18N4O. The Morgan fingerprint density at radius 1 is 1.22 bits per heavy atom. The second-order valence-electron chi connectivity index (χ2n) is 4.48. The van der Waals surface area contributed by atoms with E-state index in [2.05, 4.69) is 28.6 Å². The number of aryl methyl sites for hydroxylation is 1. The Morgan fingerprint density at radius 2 is 1.89 bits per heavy atom. The molecule has 0 aliphatic heterocycles. The van der Waals surface area contributed by atoms with Crippen LogP contribution in [0.5, 0.6) is 5.75 Å². The van der Waals surface area contributed by atoms with Crippen molar-refractivity contribution in [2.45, 2.75) is 33.4 Å². The quantitative estimate of drug-likeness (QED) is 0.841. The first-order valence-corrected chi connectivity index (χ1v) is 5.96. The number of nitrogens with two attached hydrogens (primary N) is 1. The van der Waals surface area contributed by atoms with Crippen molar-refractivity contribution in [1.29, 1.82) is 0 Å². The van der Waals surface area contributed by atoms with Gasteiger partial charge in [-0.05, 0) is 45.0 Å². The Labute approximate surface area is 107 Å². The van der Waals surface area contributed by atoms with Crippen LogP contribution in [0.25, 0.3) is 0 Å². The summed E-state index contributed by atoms with van der Waals surface area (Å²) in [6.45, 7) is 6.55. The van der Waals surface area contributed by atoms with Crippen LogP contribution in [-0.4, -0.2) is 14.8 Å². The van der Waals surface area contributed by atoms with E-state index in [1.807, 2.05) is 31.2 Å². The van der Waals surface area contributed by atoms with Crippen molar-refractivity contribution in [3.05, 3.63) is 35.9 Å². The van der Waals surface area contributed by atoms with E-state index in [0.717, 1.165) is 23.1 Å². The maximum absolute atomic E-state index is 5.67. The summed E-state index contributed by atoms with van der Waals surface area (Å²) in [4.78, 5) is 0. The summed E-state index contributed by atoms with van der Waals surface area (Å²) >= 11 is 0. The Balaban J connectivity index is 2.08. The first-order valence-electron chi connectivity index (χ1n) is 5.96. The molecule has 5 nitrogen and oxygen atoms in total. The third kappa shape index (κ3) is 2.61. The molecule has 1 aromatic carbocycles. The molecule has 0 fully saturated rings. The molecule has 18 heavy (non-hydrogen) atoms. The van der Waals surface area contributed by atoms with Crippen LogP contribution in [0.3, 0.4) is 0 Å². The highest BCUT2D eigenvalue weighted by molar-refractivity contribution is 5.41. The zero-order chi connectivity index (χ0) is 13.1. The second-order valence-corrected chi connectivity index (χ2v) is 4.48. The zero-order valence-corrected chi connectivity index (χ0v) is 10.9. The van der Waals surface area contributed by atoms with E-state index in [4.69, 9.17) is 10.5 Å². The van der Waals surface area contributed by atoms with Gasteiger partial charge in [-0.1, -0.05) is 0 Å². The van der Waals surface area contributed by atoms with Gasteiger partial charge in [0, 0.05) is 11.7 Å². The van der Waals surface area contributed by atoms with Gasteiger partial charge in [0.05, 0.1) is 0 Å². The van der Waals surface area contributed by atoms with Crippen molar-refractivity contribution in [3.63, 3.8) is 0 Å². The van der Waals surface area contributed by atoms with Crippen molar-refractivity contribution in [2.75, 3.05) is 5.73 Å². The highest BCUT2D eigenvalue weighted by Crippen LogP contribution is 2.16. The van der Waals surface area contributed by atoms with Crippen molar-refractivity contribution >= 4 is 5.69 Å². The van der Waals surface area contributed by atoms with Crippen LogP contribution in [0, 0.1) is 6.92 Å². The normalized spacial score (nSPS) is 10.9. The monoisotopic (exact) mass is 246 g/mol. The number of rotatable bonds is 4. The summed E-state index contributed by atoms with van der Waals surface area (Å²) in [5, 5.41) is 8.21. The molecule has 0 aliphatic carbocycles. The van der Waals surface area contributed by atoms with Gasteiger partial charge in [0.1, 0.15) is 18.2 Å². The third-order valence-electron chi connectivity index (χ3n) is 2.70. The Bertz CT molecular complexity index is 516. The molecule has 0 radical (unpaired) electrons. The van der Waals surface area contributed by atoms with Crippen LogP contribution in [0.1, 0.15) is 31.5 Å². The highest BCUT2D eigenvalue weighted by atomic mass is 16.5. The number of ether oxygens (including phenoxy) is 1. The van der Waals surface area contributed by atoms with E-state index in [0.29, 0.717) is 12.6 Å². The summed E-state index contributed by atoms with van der Waals surface area (Å²) < 4.78 is 7.74. The van der Waals surface area contributed by atoms with Gasteiger partial charge in [-0.15, -0.1) is 10.2 Å². The van der Waals surface area contributed by atoms with Gasteiger partial charge >= 0.3 is 0 Å². The van der Waals surface area contributed by atoms with Crippen molar-refractivity contribution in [2.24, 2.45) is 0 Å². The standard InChI is InChI=1S/C13H18N4O/c1-9(2)17-10(3)15-16-13(17)8-18-12-6-4-11(14)5-7-12/h4-7,9H,8,14H2,1-3H3. The molecule has 0 aliphatic rings. The van der Waals surface area contributed by atoms with E-state index in [-0.39, 0.29) is 0 Å². The van der Waals surface area contributed by atoms with Gasteiger partial charge in [-0.25, -0.2) is 0 Å². The fraction of sp³-hybridized carbons (Fsp3) is 0.385. The molecule has 1 heterocycles. The Kier molecular flexibility index (Phi) is 3.50. The number of anilines is 1. The van der Waals surface area contributed by atoms with Crippen LogP contribution in [0.2, 0.25) is 0 Å². The van der Waals surface area contributed by atoms with Crippen molar-refractivity contribution < 1.29 is 4.74 Å². The lowest BCUT2D eigenvalue weighted by Crippen LogP contribution is -2.10. The molecule has 0 bridgehead atoms. The van der Waals surface area contributed by atoms with Crippen LogP contribution < -0.4 is 10.5 Å². The second kappa shape index (κ2) is 5.08. The summed E-state index contributed by atoms with van der Waals surface area (Å²) in [5.74, 6) is 2.51. The molecule has 0 atom stereocenters. The van der Waals surface area contributed by atoms with Crippen molar-refractivity contribution in [3.8, 4) is 5.75 Å². The minimum Gasteiger partial charge on any atom is -0.486 e. The topological polar surface area (TPSA) is 66.0 Å². The molecule has 2 N–H and O–H groups in total. The van der Waals surface area contributed by atoms with E-state index < -0.39 is 0 Å². The fourth-order valence-corrected chi connectivity index (χ4v) is 1.90. The lowest BCUT2D eigenvalue weighted by atomic mass is 10.3. The van der Waals surface area contributed by atoms with Gasteiger partial charge in [-0.2, -0.15) is 0 Å². The fourth-order valence-electron chi connectivity index (χ4n) is 1.90. The lowest BCUT2D eigenvalue weighted by molar-refractivity contribution is 0.285. The summed E-state index contributed by atoms with van der Waals surface area (Å²) in [6, 6.07) is 7.64. The van der Waals surface area contributed by atoms with E-state index in [1.165, 1.54) is 0 Å². The first-order chi connectivity index (χ1) is 8.58. The molecule has 5 heteroatoms. The molecule has 0 saturated heterocycles. The summed E-state index contributed by atoms with van der Waals surface area (Å²) in [5.41, 5.74) is 6.34. The predicted molar refractivity (Wildman–Crippen MR) is 70.3 cm³/mol. The molecule has 0 spiro atoms. The number of nitrogens with zero attached hydrogens (tertiary/aromatic N) is 3. The maximum atomic E-state index is 5.67. The smallest absolute Gasteiger partial charge is 0.171 e. The number of nitrogen functional groups attached to an aromatic ring is 1. The van der Waals surface area contributed by atoms with Gasteiger partial charge in [0.25, 0.3) is 0 Å². The molecule has 2 rings (SSSR count). The molecule has 0 saturated carbocycles. The Hall–Kier alpha value is -2.04. The minimum absolute atomic E-state index is 0.324. The van der Waals surface area contributed by atoms with Crippen LogP contribution in [0.4, 0.5) is 5.69 Å². The van der Waals surface area contributed by atoms with Gasteiger partial charge in [0.15, 0.2) is 5.82 Å². The molecule has 0 unspecified atom stereocenters. The Morgan fingerprint density at radius 3 is 2.50 bits per heavy atom. The van der Waals surface area contributed by atoms with Crippen molar-refractivity contribution in [1.82, 2.24) is 14.8 Å². The number of hydrogen-bond acceptors (Lipinski definition) is 4. The lowest BCUT2D eigenvalue weighted by Gasteiger charge is -2.12. The van der Waals surface area contributed by atoms with Gasteiger partial charge in [0.2, 0.25) is 0 Å². The number of aromatic nitrogens is 3. The molecule has 96 valence electrons. The minimum atomic E-state index is 0.324. The highest BCUT2D eigenvalue weighted by Gasteiger charge is 2.11. The van der Waals surface area contributed by atoms with Gasteiger partial charge in [-0.3, -0.25) is 0 Å². The van der Waals surface area contributed by atoms with Gasteiger partial charge < -0.3 is 15.0 Å². The zero-order valence-electron chi connectivity index (χ0n) is 10.9. The van der Waals surface area contributed by atoms with E-state index in [1.54, 1.807) is 0 Å². The van der Waals surface area contributed by atoms with Crippen LogP contribution >= 0.6 is 0 Å².